The van der Waals surface area contributed by atoms with Gasteiger partial charge in [-0.25, -0.2) is 0 Å². The SMILES string of the molecule is CC1(C)OB(c2ccc(OCCOCCOCCOCCN3CCN(c4ccc5c(c4)C(=O)N(C4CCC(=O)NC4=O)C5=O)CC3)cc2)OC1(C)C. The number of carbonyl (C=O) groups is 4. The lowest BCUT2D eigenvalue weighted by molar-refractivity contribution is -0.136. The van der Waals surface area contributed by atoms with E-state index in [4.69, 9.17) is 28.3 Å². The van der Waals surface area contributed by atoms with Crippen molar-refractivity contribution in [2.75, 3.05) is 83.9 Å². The first kappa shape index (κ1) is 37.9. The molecule has 3 fully saturated rings. The number of carbonyl (C=O) groups excluding carboxylic acids is 4. The summed E-state index contributed by atoms with van der Waals surface area (Å²) in [5.41, 5.74) is 1.65. The fraction of sp³-hybridized carbons (Fsp3) is 0.568. The van der Waals surface area contributed by atoms with E-state index in [1.807, 2.05) is 58.0 Å². The Bertz CT molecular complexity index is 1600. The molecular weight excluding hydrogens is 671 g/mol. The average molecular weight is 721 g/mol. The Morgan fingerprint density at radius 1 is 0.750 bits per heavy atom. The van der Waals surface area contributed by atoms with Crippen molar-refractivity contribution in [3.8, 4) is 5.75 Å². The Balaban J connectivity index is 0.785. The van der Waals surface area contributed by atoms with Crippen molar-refractivity contribution in [2.24, 2.45) is 0 Å². The standard InChI is InChI=1S/C37H49BN4O10/c1-36(2)37(3,4)52-38(51-36)26-5-8-28(9-6-26)50-24-23-49-22-21-48-20-19-47-18-17-40-13-15-41(16-14-40)27-7-10-29-30(25-27)35(46)42(34(29)45)31-11-12-32(43)39-33(31)44/h5-10,25,31H,11-24H2,1-4H3,(H,39,43,44). The number of imide groups is 2. The molecule has 6 rings (SSSR count). The molecule has 2 aromatic rings. The van der Waals surface area contributed by atoms with Gasteiger partial charge in [0.1, 0.15) is 18.4 Å². The lowest BCUT2D eigenvalue weighted by atomic mass is 9.79. The molecule has 1 N–H and O–H groups in total. The lowest BCUT2D eigenvalue weighted by Gasteiger charge is -2.36. The smallest absolute Gasteiger partial charge is 0.491 e. The van der Waals surface area contributed by atoms with Crippen LogP contribution in [0.1, 0.15) is 61.3 Å². The summed E-state index contributed by atoms with van der Waals surface area (Å²) in [6, 6.07) is 12.0. The van der Waals surface area contributed by atoms with Crippen LogP contribution in [-0.2, 0) is 33.1 Å². The molecule has 4 aliphatic rings. The minimum absolute atomic E-state index is 0.0923. The van der Waals surface area contributed by atoms with Gasteiger partial charge < -0.3 is 33.2 Å². The number of hydrogen-bond donors (Lipinski definition) is 1. The molecular formula is C37H49BN4O10. The maximum absolute atomic E-state index is 13.2. The van der Waals surface area contributed by atoms with Crippen LogP contribution in [0.15, 0.2) is 42.5 Å². The molecule has 0 radical (unpaired) electrons. The molecule has 0 spiro atoms. The zero-order chi connectivity index (χ0) is 36.9. The van der Waals surface area contributed by atoms with Gasteiger partial charge in [0.05, 0.1) is 62.0 Å². The van der Waals surface area contributed by atoms with Crippen LogP contribution in [0, 0.1) is 0 Å². The quantitative estimate of drug-likeness (QED) is 0.153. The molecule has 15 heteroatoms. The van der Waals surface area contributed by atoms with Crippen LogP contribution < -0.4 is 20.4 Å². The second-order valence-corrected chi connectivity index (χ2v) is 14.3. The Labute approximate surface area is 305 Å². The van der Waals surface area contributed by atoms with Gasteiger partial charge in [-0.1, -0.05) is 12.1 Å². The van der Waals surface area contributed by atoms with Crippen LogP contribution in [-0.4, -0.2) is 137 Å². The van der Waals surface area contributed by atoms with Gasteiger partial charge in [-0.2, -0.15) is 0 Å². The van der Waals surface area contributed by atoms with Gasteiger partial charge in [0, 0.05) is 44.8 Å². The molecule has 0 saturated carbocycles. The van der Waals surface area contributed by atoms with Crippen molar-refractivity contribution < 1.29 is 47.4 Å². The first-order chi connectivity index (χ1) is 24.9. The lowest BCUT2D eigenvalue weighted by Crippen LogP contribution is -2.54. The number of piperidine rings is 1. The van der Waals surface area contributed by atoms with E-state index in [1.54, 1.807) is 12.1 Å². The van der Waals surface area contributed by atoms with E-state index in [0.717, 1.165) is 54.5 Å². The highest BCUT2D eigenvalue weighted by Gasteiger charge is 2.51. The summed E-state index contributed by atoms with van der Waals surface area (Å²) >= 11 is 0. The maximum Gasteiger partial charge on any atom is 0.494 e. The number of rotatable bonds is 16. The number of fused-ring (bicyclic) bond motifs is 1. The van der Waals surface area contributed by atoms with E-state index >= 15 is 0 Å². The van der Waals surface area contributed by atoms with Crippen molar-refractivity contribution in [3.05, 3.63) is 53.6 Å². The summed E-state index contributed by atoms with van der Waals surface area (Å²) in [6.45, 7) is 15.6. The molecule has 1 atom stereocenters. The van der Waals surface area contributed by atoms with Crippen molar-refractivity contribution in [3.63, 3.8) is 0 Å². The topological polar surface area (TPSA) is 145 Å². The van der Waals surface area contributed by atoms with Crippen LogP contribution >= 0.6 is 0 Å². The normalized spacial score (nSPS) is 21.5. The molecule has 4 aliphatic heterocycles. The van der Waals surface area contributed by atoms with Crippen LogP contribution in [0.3, 0.4) is 0 Å². The number of amides is 4. The molecule has 52 heavy (non-hydrogen) atoms. The van der Waals surface area contributed by atoms with Crippen molar-refractivity contribution in [1.29, 1.82) is 0 Å². The molecule has 280 valence electrons. The number of benzene rings is 2. The van der Waals surface area contributed by atoms with Gasteiger partial charge in [-0.05, 0) is 69.9 Å². The van der Waals surface area contributed by atoms with E-state index in [2.05, 4.69) is 15.1 Å². The van der Waals surface area contributed by atoms with Gasteiger partial charge in [-0.15, -0.1) is 0 Å². The number of ether oxygens (including phenoxy) is 4. The molecule has 3 saturated heterocycles. The minimum Gasteiger partial charge on any atom is -0.491 e. The third-order valence-electron chi connectivity index (χ3n) is 10.4. The number of hydrogen-bond acceptors (Lipinski definition) is 12. The third-order valence-corrected chi connectivity index (χ3v) is 10.4. The highest BCUT2D eigenvalue weighted by atomic mass is 16.7. The summed E-state index contributed by atoms with van der Waals surface area (Å²) in [7, 11) is -0.394. The molecule has 1 unspecified atom stereocenters. The summed E-state index contributed by atoms with van der Waals surface area (Å²) in [6.07, 6.45) is 0.228. The summed E-state index contributed by atoms with van der Waals surface area (Å²) in [4.78, 5) is 55.6. The van der Waals surface area contributed by atoms with Gasteiger partial charge in [0.25, 0.3) is 11.8 Å². The molecule has 2 aromatic carbocycles. The predicted molar refractivity (Wildman–Crippen MR) is 192 cm³/mol. The van der Waals surface area contributed by atoms with E-state index in [-0.39, 0.29) is 29.6 Å². The van der Waals surface area contributed by atoms with Crippen molar-refractivity contribution in [2.45, 2.75) is 57.8 Å². The van der Waals surface area contributed by atoms with E-state index in [1.165, 1.54) is 0 Å². The fourth-order valence-electron chi connectivity index (χ4n) is 6.54. The monoisotopic (exact) mass is 720 g/mol. The molecule has 0 aliphatic carbocycles. The number of nitrogens with one attached hydrogen (secondary N) is 1. The number of piperazine rings is 1. The Hall–Kier alpha value is -3.86. The molecule has 4 amide bonds. The van der Waals surface area contributed by atoms with Crippen LogP contribution in [0.2, 0.25) is 0 Å². The summed E-state index contributed by atoms with van der Waals surface area (Å²) < 4.78 is 35.0. The second kappa shape index (κ2) is 16.4. The van der Waals surface area contributed by atoms with Gasteiger partial charge >= 0.3 is 7.12 Å². The number of nitrogens with zero attached hydrogens (tertiary/aromatic N) is 3. The summed E-state index contributed by atoms with van der Waals surface area (Å²) in [5.74, 6) is -1.23. The van der Waals surface area contributed by atoms with Crippen LogP contribution in [0.5, 0.6) is 5.75 Å². The summed E-state index contributed by atoms with van der Waals surface area (Å²) in [5, 5.41) is 2.23. The van der Waals surface area contributed by atoms with Gasteiger partial charge in [-0.3, -0.25) is 34.3 Å². The van der Waals surface area contributed by atoms with E-state index in [0.29, 0.717) is 51.8 Å². The zero-order valence-electron chi connectivity index (χ0n) is 30.5. The fourth-order valence-corrected chi connectivity index (χ4v) is 6.54. The molecule has 14 nitrogen and oxygen atoms in total. The highest BCUT2D eigenvalue weighted by molar-refractivity contribution is 6.62. The number of anilines is 1. The van der Waals surface area contributed by atoms with Crippen LogP contribution in [0.4, 0.5) is 5.69 Å². The average Bonchev–Trinajstić information content (AvgIpc) is 3.50. The first-order valence-corrected chi connectivity index (χ1v) is 18.1. The zero-order valence-corrected chi connectivity index (χ0v) is 30.5. The second-order valence-electron chi connectivity index (χ2n) is 14.3. The van der Waals surface area contributed by atoms with Crippen LogP contribution in [0.25, 0.3) is 0 Å². The minimum atomic E-state index is -0.970. The van der Waals surface area contributed by atoms with Crippen molar-refractivity contribution in [1.82, 2.24) is 15.1 Å². The molecule has 0 bridgehead atoms. The van der Waals surface area contributed by atoms with Gasteiger partial charge in [0.2, 0.25) is 11.8 Å². The highest BCUT2D eigenvalue weighted by Crippen LogP contribution is 2.36. The van der Waals surface area contributed by atoms with E-state index < -0.39 is 36.8 Å². The predicted octanol–water partition coefficient (Wildman–Crippen LogP) is 1.64. The maximum atomic E-state index is 13.2. The molecule has 0 aromatic heterocycles. The van der Waals surface area contributed by atoms with Gasteiger partial charge in [0.15, 0.2) is 0 Å². The Kier molecular flexibility index (Phi) is 12.0. The van der Waals surface area contributed by atoms with Crippen molar-refractivity contribution >= 4 is 41.9 Å². The Morgan fingerprint density at radius 2 is 1.35 bits per heavy atom. The first-order valence-electron chi connectivity index (χ1n) is 18.1. The Morgan fingerprint density at radius 3 is 1.98 bits per heavy atom. The van der Waals surface area contributed by atoms with E-state index in [9.17, 15) is 19.2 Å². The largest absolute Gasteiger partial charge is 0.494 e. The third kappa shape index (κ3) is 8.67. The molecule has 4 heterocycles.